The van der Waals surface area contributed by atoms with Crippen molar-refractivity contribution in [2.45, 2.75) is 51.1 Å². The maximum Gasteiger partial charge on any atom is 0.255 e. The van der Waals surface area contributed by atoms with Gasteiger partial charge in [-0.25, -0.2) is 0 Å². The number of carbonyl (C=O) groups excluding carboxylic acids is 3. The predicted molar refractivity (Wildman–Crippen MR) is 106 cm³/mol. The van der Waals surface area contributed by atoms with E-state index in [0.29, 0.717) is 18.5 Å². The van der Waals surface area contributed by atoms with Crippen LogP contribution in [0.2, 0.25) is 0 Å². The minimum absolute atomic E-state index is 0.123. The van der Waals surface area contributed by atoms with E-state index in [-0.39, 0.29) is 24.1 Å². The number of piperidine rings is 2. The molecule has 3 aliphatic rings. The number of rotatable bonds is 6. The number of anilines is 1. The maximum atomic E-state index is 12.7. The normalized spacial score (nSPS) is 22.9. The highest BCUT2D eigenvalue weighted by Crippen LogP contribution is 2.29. The smallest absolute Gasteiger partial charge is 0.255 e. The Morgan fingerprint density at radius 1 is 1.11 bits per heavy atom. The van der Waals surface area contributed by atoms with E-state index in [9.17, 15) is 14.4 Å². The third-order valence-electron chi connectivity index (χ3n) is 6.10. The Labute approximate surface area is 165 Å². The van der Waals surface area contributed by atoms with Crippen LogP contribution in [0, 0.1) is 5.92 Å². The number of nitrogens with zero attached hydrogens (tertiary/aromatic N) is 1. The summed E-state index contributed by atoms with van der Waals surface area (Å²) in [7, 11) is 0. The third kappa shape index (κ3) is 4.04. The molecule has 0 saturated carbocycles. The second-order valence-corrected chi connectivity index (χ2v) is 8.03. The number of benzene rings is 1. The Morgan fingerprint density at radius 3 is 2.71 bits per heavy atom. The van der Waals surface area contributed by atoms with E-state index in [0.717, 1.165) is 43.2 Å². The molecule has 0 bridgehead atoms. The summed E-state index contributed by atoms with van der Waals surface area (Å²) in [4.78, 5) is 37.8. The van der Waals surface area contributed by atoms with Gasteiger partial charge in [0.1, 0.15) is 6.04 Å². The second kappa shape index (κ2) is 8.31. The molecule has 7 heteroatoms. The van der Waals surface area contributed by atoms with Crippen LogP contribution >= 0.6 is 0 Å². The lowest BCUT2D eigenvalue weighted by Gasteiger charge is -2.29. The van der Waals surface area contributed by atoms with Crippen molar-refractivity contribution in [3.8, 4) is 0 Å². The lowest BCUT2D eigenvalue weighted by molar-refractivity contribution is -0.136. The molecule has 0 aliphatic carbocycles. The first-order chi connectivity index (χ1) is 13.6. The van der Waals surface area contributed by atoms with Crippen molar-refractivity contribution in [1.82, 2.24) is 15.5 Å². The standard InChI is InChI=1S/C21H28N4O3/c26-19-6-5-18(20(27)24-19)25-13-15-12-16(3-4-17(15)21(25)28)23-9-1-2-14-7-10-22-11-8-14/h3-4,12,14,18,22-23H,1-2,5-11,13H2,(H,24,26,27). The number of fused-ring (bicyclic) bond motifs is 1. The zero-order chi connectivity index (χ0) is 19.5. The SMILES string of the molecule is O=C1CCC(N2Cc3cc(NCCCC4CCNCC4)ccc3C2=O)C(=O)N1. The molecule has 7 nitrogen and oxygen atoms in total. The molecule has 1 atom stereocenters. The molecule has 3 amide bonds. The summed E-state index contributed by atoms with van der Waals surface area (Å²) in [6.45, 7) is 3.62. The third-order valence-corrected chi connectivity index (χ3v) is 6.10. The van der Waals surface area contributed by atoms with Crippen molar-refractivity contribution in [3.05, 3.63) is 29.3 Å². The van der Waals surface area contributed by atoms with E-state index in [1.807, 2.05) is 18.2 Å². The zero-order valence-corrected chi connectivity index (χ0v) is 16.1. The van der Waals surface area contributed by atoms with Crippen LogP contribution in [0.15, 0.2) is 18.2 Å². The number of imide groups is 1. The Hall–Kier alpha value is -2.41. The van der Waals surface area contributed by atoms with Crippen molar-refractivity contribution in [3.63, 3.8) is 0 Å². The van der Waals surface area contributed by atoms with Gasteiger partial charge in [0.15, 0.2) is 0 Å². The molecule has 1 unspecified atom stereocenters. The van der Waals surface area contributed by atoms with E-state index >= 15 is 0 Å². The summed E-state index contributed by atoms with van der Waals surface area (Å²) in [5.41, 5.74) is 2.62. The fourth-order valence-corrected chi connectivity index (χ4v) is 4.48. The van der Waals surface area contributed by atoms with Crippen LogP contribution < -0.4 is 16.0 Å². The fraction of sp³-hybridized carbons (Fsp3) is 0.571. The monoisotopic (exact) mass is 384 g/mol. The van der Waals surface area contributed by atoms with Crippen molar-refractivity contribution < 1.29 is 14.4 Å². The van der Waals surface area contributed by atoms with Gasteiger partial charge in [-0.2, -0.15) is 0 Å². The second-order valence-electron chi connectivity index (χ2n) is 8.03. The van der Waals surface area contributed by atoms with Crippen LogP contribution in [0.5, 0.6) is 0 Å². The minimum Gasteiger partial charge on any atom is -0.385 e. The van der Waals surface area contributed by atoms with Crippen molar-refractivity contribution >= 4 is 23.4 Å². The molecule has 3 aliphatic heterocycles. The number of nitrogens with one attached hydrogen (secondary N) is 3. The van der Waals surface area contributed by atoms with Crippen molar-refractivity contribution in [1.29, 1.82) is 0 Å². The molecule has 150 valence electrons. The predicted octanol–water partition coefficient (Wildman–Crippen LogP) is 1.64. The van der Waals surface area contributed by atoms with E-state index in [4.69, 9.17) is 0 Å². The average Bonchev–Trinajstić information content (AvgIpc) is 3.02. The van der Waals surface area contributed by atoms with Crippen LogP contribution in [0.3, 0.4) is 0 Å². The first-order valence-corrected chi connectivity index (χ1v) is 10.3. The summed E-state index contributed by atoms with van der Waals surface area (Å²) in [6, 6.07) is 5.25. The van der Waals surface area contributed by atoms with E-state index < -0.39 is 6.04 Å². The van der Waals surface area contributed by atoms with Gasteiger partial charge in [-0.3, -0.25) is 19.7 Å². The van der Waals surface area contributed by atoms with Crippen LogP contribution in [0.1, 0.15) is 54.4 Å². The van der Waals surface area contributed by atoms with Crippen LogP contribution in [0.4, 0.5) is 5.69 Å². The molecular weight excluding hydrogens is 356 g/mol. The molecule has 0 radical (unpaired) electrons. The topological polar surface area (TPSA) is 90.5 Å². The molecule has 28 heavy (non-hydrogen) atoms. The Kier molecular flexibility index (Phi) is 5.62. The first-order valence-electron chi connectivity index (χ1n) is 10.3. The van der Waals surface area contributed by atoms with Gasteiger partial charge in [0.05, 0.1) is 0 Å². The van der Waals surface area contributed by atoms with Gasteiger partial charge in [-0.15, -0.1) is 0 Å². The van der Waals surface area contributed by atoms with Crippen molar-refractivity contribution in [2.75, 3.05) is 25.0 Å². The number of hydrogen-bond donors (Lipinski definition) is 3. The van der Waals surface area contributed by atoms with Gasteiger partial charge in [-0.05, 0) is 74.9 Å². The summed E-state index contributed by atoms with van der Waals surface area (Å²) in [6.07, 6.45) is 5.62. The molecule has 0 aromatic heterocycles. The fourth-order valence-electron chi connectivity index (χ4n) is 4.48. The highest BCUT2D eigenvalue weighted by atomic mass is 16.2. The molecular formula is C21H28N4O3. The quantitative estimate of drug-likeness (QED) is 0.512. The number of carbonyl (C=O) groups is 3. The number of amides is 3. The van der Waals surface area contributed by atoms with Gasteiger partial charge in [-0.1, -0.05) is 0 Å². The summed E-state index contributed by atoms with van der Waals surface area (Å²) in [5.74, 6) is 0.0831. The summed E-state index contributed by atoms with van der Waals surface area (Å²) in [5, 5.41) is 9.21. The first kappa shape index (κ1) is 18.9. The van der Waals surface area contributed by atoms with Gasteiger partial charge < -0.3 is 15.5 Å². The minimum atomic E-state index is -0.556. The average molecular weight is 384 g/mol. The highest BCUT2D eigenvalue weighted by molar-refractivity contribution is 6.05. The Morgan fingerprint density at radius 2 is 1.93 bits per heavy atom. The lowest BCUT2D eigenvalue weighted by Crippen LogP contribution is -2.52. The zero-order valence-electron chi connectivity index (χ0n) is 16.1. The molecule has 3 heterocycles. The van der Waals surface area contributed by atoms with Gasteiger partial charge in [0.25, 0.3) is 5.91 Å². The van der Waals surface area contributed by atoms with Crippen LogP contribution in [-0.4, -0.2) is 48.3 Å². The largest absolute Gasteiger partial charge is 0.385 e. The Balaban J connectivity index is 1.32. The molecule has 2 fully saturated rings. The maximum absolute atomic E-state index is 12.7. The highest BCUT2D eigenvalue weighted by Gasteiger charge is 2.39. The van der Waals surface area contributed by atoms with Crippen molar-refractivity contribution in [2.24, 2.45) is 5.92 Å². The van der Waals surface area contributed by atoms with Crippen LogP contribution in [0.25, 0.3) is 0 Å². The molecule has 4 rings (SSSR count). The van der Waals surface area contributed by atoms with Crippen LogP contribution in [-0.2, 0) is 16.1 Å². The van der Waals surface area contributed by atoms with Gasteiger partial charge in [0, 0.05) is 30.8 Å². The molecule has 1 aromatic carbocycles. The van der Waals surface area contributed by atoms with Gasteiger partial charge >= 0.3 is 0 Å². The Bertz CT molecular complexity index is 773. The number of hydrogen-bond acceptors (Lipinski definition) is 5. The lowest BCUT2D eigenvalue weighted by atomic mass is 9.93. The molecule has 2 saturated heterocycles. The van der Waals surface area contributed by atoms with Gasteiger partial charge in [0.2, 0.25) is 11.8 Å². The molecule has 0 spiro atoms. The molecule has 1 aromatic rings. The summed E-state index contributed by atoms with van der Waals surface area (Å²) >= 11 is 0. The summed E-state index contributed by atoms with van der Waals surface area (Å²) < 4.78 is 0. The van der Waals surface area contributed by atoms with E-state index in [1.54, 1.807) is 4.90 Å². The molecule has 3 N–H and O–H groups in total. The van der Waals surface area contributed by atoms with E-state index in [1.165, 1.54) is 19.3 Å². The van der Waals surface area contributed by atoms with E-state index in [2.05, 4.69) is 16.0 Å².